The summed E-state index contributed by atoms with van der Waals surface area (Å²) < 4.78 is 30.7. The smallest absolute Gasteiger partial charge is 0.155 e. The van der Waals surface area contributed by atoms with Crippen LogP contribution in [0.3, 0.4) is 0 Å². The van der Waals surface area contributed by atoms with Crippen LogP contribution in [0.2, 0.25) is 0 Å². The summed E-state index contributed by atoms with van der Waals surface area (Å²) in [5, 5.41) is 3.79. The van der Waals surface area contributed by atoms with Crippen molar-refractivity contribution in [1.82, 2.24) is 5.32 Å². The van der Waals surface area contributed by atoms with E-state index in [1.807, 2.05) is 31.2 Å². The summed E-state index contributed by atoms with van der Waals surface area (Å²) in [5.41, 5.74) is 1.92. The highest BCUT2D eigenvalue weighted by Crippen LogP contribution is 2.34. The van der Waals surface area contributed by atoms with Crippen LogP contribution in [-0.2, 0) is 9.84 Å². The predicted octanol–water partition coefficient (Wildman–Crippen LogP) is 2.97. The quantitative estimate of drug-likeness (QED) is 0.947. The Labute approximate surface area is 125 Å². The molecule has 3 rings (SSSR count). The number of furan rings is 1. The van der Waals surface area contributed by atoms with Crippen molar-refractivity contribution in [3.8, 4) is 0 Å². The molecule has 1 N–H and O–H groups in total. The van der Waals surface area contributed by atoms with E-state index in [4.69, 9.17) is 4.42 Å². The Morgan fingerprint density at radius 3 is 2.81 bits per heavy atom. The van der Waals surface area contributed by atoms with Gasteiger partial charge in [0.05, 0.1) is 17.0 Å². The minimum Gasteiger partial charge on any atom is -0.459 e. The van der Waals surface area contributed by atoms with E-state index < -0.39 is 15.1 Å². The van der Waals surface area contributed by atoms with Crippen LogP contribution in [-0.4, -0.2) is 26.5 Å². The highest BCUT2D eigenvalue weighted by atomic mass is 32.2. The maximum atomic E-state index is 12.4. The van der Waals surface area contributed by atoms with Crippen molar-refractivity contribution < 1.29 is 12.8 Å². The molecule has 2 aromatic rings. The minimum absolute atomic E-state index is 0.276. The van der Waals surface area contributed by atoms with Gasteiger partial charge in [0.25, 0.3) is 0 Å². The molecule has 1 fully saturated rings. The van der Waals surface area contributed by atoms with Gasteiger partial charge in [-0.2, -0.15) is 0 Å². The van der Waals surface area contributed by atoms with Gasteiger partial charge in [0.15, 0.2) is 9.84 Å². The van der Waals surface area contributed by atoms with Crippen molar-refractivity contribution in [2.24, 2.45) is 0 Å². The molecule has 114 valence electrons. The Kier molecular flexibility index (Phi) is 3.80. The first-order chi connectivity index (χ1) is 10.0. The molecular formula is C16H21NO3S. The molecule has 0 aliphatic carbocycles. The highest BCUT2D eigenvalue weighted by molar-refractivity contribution is 7.92. The van der Waals surface area contributed by atoms with E-state index in [-0.39, 0.29) is 11.8 Å². The van der Waals surface area contributed by atoms with Gasteiger partial charge in [0.1, 0.15) is 11.3 Å². The number of para-hydroxylation sites is 1. The monoisotopic (exact) mass is 307 g/mol. The molecule has 0 spiro atoms. The van der Waals surface area contributed by atoms with Gasteiger partial charge >= 0.3 is 0 Å². The first kappa shape index (κ1) is 14.6. The van der Waals surface area contributed by atoms with Crippen LogP contribution >= 0.6 is 0 Å². The Balaban J connectivity index is 2.03. The van der Waals surface area contributed by atoms with E-state index in [1.54, 1.807) is 7.05 Å². The maximum absolute atomic E-state index is 12.4. The topological polar surface area (TPSA) is 59.3 Å². The zero-order chi connectivity index (χ0) is 15.0. The molecule has 2 atom stereocenters. The summed E-state index contributed by atoms with van der Waals surface area (Å²) in [6, 6.07) is 7.68. The van der Waals surface area contributed by atoms with Crippen LogP contribution in [0.1, 0.15) is 36.6 Å². The molecule has 1 aromatic heterocycles. The van der Waals surface area contributed by atoms with Crippen molar-refractivity contribution in [2.75, 3.05) is 12.8 Å². The molecule has 0 saturated carbocycles. The van der Waals surface area contributed by atoms with Gasteiger partial charge in [-0.25, -0.2) is 8.42 Å². The van der Waals surface area contributed by atoms with Gasteiger partial charge < -0.3 is 9.73 Å². The fourth-order valence-electron chi connectivity index (χ4n) is 3.25. The lowest BCUT2D eigenvalue weighted by Gasteiger charge is -2.28. The van der Waals surface area contributed by atoms with Crippen LogP contribution in [0.15, 0.2) is 28.7 Å². The Bertz CT molecular complexity index is 748. The largest absolute Gasteiger partial charge is 0.459 e. The summed E-state index contributed by atoms with van der Waals surface area (Å²) in [6.07, 6.45) is 2.43. The highest BCUT2D eigenvalue weighted by Gasteiger charge is 2.37. The fourth-order valence-corrected chi connectivity index (χ4v) is 5.37. The number of fused-ring (bicyclic) bond motifs is 1. The lowest BCUT2D eigenvalue weighted by Crippen LogP contribution is -2.39. The minimum atomic E-state index is -3.05. The molecule has 5 heteroatoms. The molecule has 21 heavy (non-hydrogen) atoms. The van der Waals surface area contributed by atoms with Crippen LogP contribution in [0.5, 0.6) is 0 Å². The number of rotatable bonds is 3. The molecule has 1 aromatic carbocycles. The summed E-state index contributed by atoms with van der Waals surface area (Å²) in [5.74, 6) is 1.01. The summed E-state index contributed by atoms with van der Waals surface area (Å²) >= 11 is 0. The first-order valence-electron chi connectivity index (χ1n) is 7.41. The number of hydrogen-bond donors (Lipinski definition) is 1. The fraction of sp³-hybridized carbons (Fsp3) is 0.500. The number of aryl methyl sites for hydroxylation is 1. The van der Waals surface area contributed by atoms with E-state index in [1.165, 1.54) is 0 Å². The van der Waals surface area contributed by atoms with Crippen LogP contribution in [0.4, 0.5) is 0 Å². The van der Waals surface area contributed by atoms with Gasteiger partial charge in [0, 0.05) is 5.39 Å². The zero-order valence-electron chi connectivity index (χ0n) is 12.4. The second-order valence-electron chi connectivity index (χ2n) is 5.81. The Morgan fingerprint density at radius 1 is 1.33 bits per heavy atom. The number of sulfone groups is 1. The Hall–Kier alpha value is -1.33. The number of nitrogens with one attached hydrogen (secondary N) is 1. The van der Waals surface area contributed by atoms with E-state index in [2.05, 4.69) is 5.32 Å². The first-order valence-corrected chi connectivity index (χ1v) is 9.12. The lowest BCUT2D eigenvalue weighted by atomic mass is 10.0. The summed E-state index contributed by atoms with van der Waals surface area (Å²) in [7, 11) is -1.25. The number of hydrogen-bond acceptors (Lipinski definition) is 4. The average molecular weight is 307 g/mol. The SMILES string of the molecule is CNC(c1cc2cccc(C)c2o1)C1CCCCS1(=O)=O. The predicted molar refractivity (Wildman–Crippen MR) is 84.2 cm³/mol. The molecular weight excluding hydrogens is 286 g/mol. The molecule has 1 saturated heterocycles. The zero-order valence-corrected chi connectivity index (χ0v) is 13.2. The van der Waals surface area contributed by atoms with E-state index in [0.717, 1.165) is 35.1 Å². The molecule has 2 heterocycles. The van der Waals surface area contributed by atoms with Gasteiger partial charge in [-0.15, -0.1) is 0 Å². The van der Waals surface area contributed by atoms with Crippen molar-refractivity contribution in [3.63, 3.8) is 0 Å². The Morgan fingerprint density at radius 2 is 2.14 bits per heavy atom. The van der Waals surface area contributed by atoms with E-state index >= 15 is 0 Å². The molecule has 2 unspecified atom stereocenters. The van der Waals surface area contributed by atoms with Gasteiger partial charge in [-0.1, -0.05) is 24.6 Å². The van der Waals surface area contributed by atoms with Crippen molar-refractivity contribution in [2.45, 2.75) is 37.5 Å². The standard InChI is InChI=1S/C16H21NO3S/c1-11-6-5-7-12-10-13(20-16(11)12)15(17-2)14-8-3-4-9-21(14,18)19/h5-7,10,14-15,17H,3-4,8-9H2,1-2H3. The van der Waals surface area contributed by atoms with Crippen LogP contribution < -0.4 is 5.32 Å². The van der Waals surface area contributed by atoms with E-state index in [0.29, 0.717) is 6.42 Å². The van der Waals surface area contributed by atoms with Crippen molar-refractivity contribution in [1.29, 1.82) is 0 Å². The molecule has 1 aliphatic heterocycles. The molecule has 0 radical (unpaired) electrons. The lowest BCUT2D eigenvalue weighted by molar-refractivity contribution is 0.406. The second kappa shape index (κ2) is 5.46. The third-order valence-corrected chi connectivity index (χ3v) is 6.67. The van der Waals surface area contributed by atoms with Crippen LogP contribution in [0.25, 0.3) is 11.0 Å². The molecule has 0 bridgehead atoms. The van der Waals surface area contributed by atoms with Gasteiger partial charge in [-0.05, 0) is 38.4 Å². The van der Waals surface area contributed by atoms with Crippen LogP contribution in [0, 0.1) is 6.92 Å². The summed E-state index contributed by atoms with van der Waals surface area (Å²) in [6.45, 7) is 2.00. The maximum Gasteiger partial charge on any atom is 0.155 e. The molecule has 4 nitrogen and oxygen atoms in total. The van der Waals surface area contributed by atoms with E-state index in [9.17, 15) is 8.42 Å². The van der Waals surface area contributed by atoms with Gasteiger partial charge in [-0.3, -0.25) is 0 Å². The second-order valence-corrected chi connectivity index (χ2v) is 8.15. The molecule has 1 aliphatic rings. The van der Waals surface area contributed by atoms with Gasteiger partial charge in [0.2, 0.25) is 0 Å². The third-order valence-electron chi connectivity index (χ3n) is 4.38. The van der Waals surface area contributed by atoms with Crippen molar-refractivity contribution in [3.05, 3.63) is 35.6 Å². The molecule has 0 amide bonds. The third kappa shape index (κ3) is 2.60. The summed E-state index contributed by atoms with van der Waals surface area (Å²) in [4.78, 5) is 0. The average Bonchev–Trinajstić information content (AvgIpc) is 2.86. The normalized spacial score (nSPS) is 23.2. The van der Waals surface area contributed by atoms with Crippen molar-refractivity contribution >= 4 is 20.8 Å². The number of benzene rings is 1.